The van der Waals surface area contributed by atoms with Gasteiger partial charge in [-0.2, -0.15) is 4.31 Å². The monoisotopic (exact) mass is 281 g/mol. The van der Waals surface area contributed by atoms with Crippen molar-refractivity contribution in [2.75, 3.05) is 19.0 Å². The Morgan fingerprint density at radius 2 is 2.06 bits per heavy atom. The number of benzene rings is 1. The summed E-state index contributed by atoms with van der Waals surface area (Å²) < 4.78 is 25.6. The van der Waals surface area contributed by atoms with Gasteiger partial charge in [0.2, 0.25) is 10.0 Å². The average Bonchev–Trinajstić information content (AvgIpc) is 2.25. The van der Waals surface area contributed by atoms with E-state index >= 15 is 0 Å². The highest BCUT2D eigenvalue weighted by molar-refractivity contribution is 7.89. The third-order valence-corrected chi connectivity index (χ3v) is 4.49. The third-order valence-electron chi connectivity index (χ3n) is 2.12. The van der Waals surface area contributed by atoms with Gasteiger partial charge >= 0.3 is 0 Å². The summed E-state index contributed by atoms with van der Waals surface area (Å²) in [4.78, 5) is 0.201. The Kier molecular flexibility index (Phi) is 5.05. The minimum absolute atomic E-state index is 0.201. The predicted molar refractivity (Wildman–Crippen MR) is 66.6 cm³/mol. The lowest BCUT2D eigenvalue weighted by molar-refractivity contribution is 0.447. The normalized spacial score (nSPS) is 12.0. The molecule has 90 valence electrons. The molecule has 0 amide bonds. The van der Waals surface area contributed by atoms with E-state index < -0.39 is 10.0 Å². The molecule has 3 nitrogen and oxygen atoms in total. The summed E-state index contributed by atoms with van der Waals surface area (Å²) in [7, 11) is -3.47. The van der Waals surface area contributed by atoms with E-state index in [1.54, 1.807) is 19.1 Å². The summed E-state index contributed by atoms with van der Waals surface area (Å²) in [5, 5.41) is 0.406. The smallest absolute Gasteiger partial charge is 0.207 e. The molecule has 0 radical (unpaired) electrons. The number of alkyl halides is 1. The number of sulfonamides is 1. The van der Waals surface area contributed by atoms with Crippen LogP contribution in [0.4, 0.5) is 0 Å². The Morgan fingerprint density at radius 3 is 2.56 bits per heavy atom. The summed E-state index contributed by atoms with van der Waals surface area (Å²) in [5.74, 6) is 0.271. The number of hydrogen-bond acceptors (Lipinski definition) is 2. The summed E-state index contributed by atoms with van der Waals surface area (Å²) in [6, 6.07) is 6.22. The van der Waals surface area contributed by atoms with Crippen molar-refractivity contribution < 1.29 is 8.42 Å². The molecule has 0 aliphatic rings. The first-order valence-electron chi connectivity index (χ1n) is 4.84. The molecule has 0 N–H and O–H groups in total. The van der Waals surface area contributed by atoms with Gasteiger partial charge in [-0.15, -0.1) is 11.6 Å². The highest BCUT2D eigenvalue weighted by Crippen LogP contribution is 2.19. The van der Waals surface area contributed by atoms with Crippen LogP contribution in [0.1, 0.15) is 6.92 Å². The highest BCUT2D eigenvalue weighted by atomic mass is 35.5. The summed E-state index contributed by atoms with van der Waals surface area (Å²) in [6.07, 6.45) is 0. The van der Waals surface area contributed by atoms with Gasteiger partial charge in [0.15, 0.2) is 0 Å². The summed E-state index contributed by atoms with van der Waals surface area (Å²) >= 11 is 11.3. The zero-order valence-corrected chi connectivity index (χ0v) is 11.2. The lowest BCUT2D eigenvalue weighted by Gasteiger charge is -2.19. The van der Waals surface area contributed by atoms with E-state index in [1.165, 1.54) is 16.4 Å². The van der Waals surface area contributed by atoms with Crippen molar-refractivity contribution in [1.29, 1.82) is 0 Å². The van der Waals surface area contributed by atoms with Crippen molar-refractivity contribution in [3.8, 4) is 0 Å². The Labute approximate surface area is 106 Å². The molecule has 0 unspecified atom stereocenters. The molecule has 16 heavy (non-hydrogen) atoms. The van der Waals surface area contributed by atoms with Gasteiger partial charge in [0.05, 0.1) is 4.90 Å². The van der Waals surface area contributed by atoms with Crippen LogP contribution < -0.4 is 0 Å². The fourth-order valence-corrected chi connectivity index (χ4v) is 3.37. The Hall–Kier alpha value is -0.290. The second-order valence-electron chi connectivity index (χ2n) is 3.14. The molecule has 0 saturated heterocycles. The molecule has 0 heterocycles. The molecule has 0 bridgehead atoms. The Morgan fingerprint density at radius 1 is 1.38 bits per heavy atom. The Bertz CT molecular complexity index is 448. The van der Waals surface area contributed by atoms with Crippen molar-refractivity contribution in [2.24, 2.45) is 0 Å². The van der Waals surface area contributed by atoms with E-state index in [4.69, 9.17) is 23.2 Å². The number of rotatable bonds is 5. The molecule has 0 saturated carbocycles. The minimum atomic E-state index is -3.47. The van der Waals surface area contributed by atoms with Crippen LogP contribution in [0, 0.1) is 0 Å². The van der Waals surface area contributed by atoms with Crippen molar-refractivity contribution in [3.05, 3.63) is 29.3 Å². The minimum Gasteiger partial charge on any atom is -0.207 e. The van der Waals surface area contributed by atoms with E-state index in [2.05, 4.69) is 0 Å². The first kappa shape index (κ1) is 13.8. The number of hydrogen-bond donors (Lipinski definition) is 0. The molecule has 1 rings (SSSR count). The molecule has 0 aliphatic carbocycles. The Balaban J connectivity index is 3.09. The van der Waals surface area contributed by atoms with Gasteiger partial charge in [-0.25, -0.2) is 8.42 Å². The van der Waals surface area contributed by atoms with Crippen LogP contribution in [0.2, 0.25) is 5.02 Å². The lowest BCUT2D eigenvalue weighted by atomic mass is 10.4. The number of halogens is 2. The van der Waals surface area contributed by atoms with E-state index in [1.807, 2.05) is 0 Å². The van der Waals surface area contributed by atoms with Gasteiger partial charge < -0.3 is 0 Å². The first-order chi connectivity index (χ1) is 7.52. The topological polar surface area (TPSA) is 37.4 Å². The molecule has 0 aromatic heterocycles. The fraction of sp³-hybridized carbons (Fsp3) is 0.400. The zero-order valence-electron chi connectivity index (χ0n) is 8.86. The summed E-state index contributed by atoms with van der Waals surface area (Å²) in [6.45, 7) is 2.46. The van der Waals surface area contributed by atoms with Crippen molar-refractivity contribution >= 4 is 33.2 Å². The van der Waals surface area contributed by atoms with Crippen LogP contribution in [0.25, 0.3) is 0 Å². The van der Waals surface area contributed by atoms with Gasteiger partial charge in [-0.3, -0.25) is 0 Å². The van der Waals surface area contributed by atoms with Crippen LogP contribution in [0.3, 0.4) is 0 Å². The van der Waals surface area contributed by atoms with E-state index in [9.17, 15) is 8.42 Å². The highest BCUT2D eigenvalue weighted by Gasteiger charge is 2.22. The first-order valence-corrected chi connectivity index (χ1v) is 7.19. The SMILES string of the molecule is CCN(CCCl)S(=O)(=O)c1cccc(Cl)c1. The lowest BCUT2D eigenvalue weighted by Crippen LogP contribution is -2.32. The van der Waals surface area contributed by atoms with Crippen LogP contribution in [-0.4, -0.2) is 31.7 Å². The molecule has 0 aliphatic heterocycles. The van der Waals surface area contributed by atoms with Crippen LogP contribution in [-0.2, 0) is 10.0 Å². The summed E-state index contributed by atoms with van der Waals surface area (Å²) in [5.41, 5.74) is 0. The van der Waals surface area contributed by atoms with Gasteiger partial charge in [-0.1, -0.05) is 24.6 Å². The molecule has 0 spiro atoms. The predicted octanol–water partition coefficient (Wildman–Crippen LogP) is 2.59. The van der Waals surface area contributed by atoms with Crippen LogP contribution in [0.5, 0.6) is 0 Å². The molecule has 1 aromatic rings. The van der Waals surface area contributed by atoms with Gasteiger partial charge in [0, 0.05) is 24.0 Å². The van der Waals surface area contributed by atoms with Gasteiger partial charge in [-0.05, 0) is 18.2 Å². The molecule has 6 heteroatoms. The van der Waals surface area contributed by atoms with E-state index in [0.29, 0.717) is 18.1 Å². The third kappa shape index (κ3) is 3.10. The molecule has 0 atom stereocenters. The largest absolute Gasteiger partial charge is 0.243 e. The quantitative estimate of drug-likeness (QED) is 0.778. The molecular weight excluding hydrogens is 269 g/mol. The maximum atomic E-state index is 12.1. The van der Waals surface area contributed by atoms with Crippen LogP contribution >= 0.6 is 23.2 Å². The maximum Gasteiger partial charge on any atom is 0.243 e. The van der Waals surface area contributed by atoms with Gasteiger partial charge in [0.1, 0.15) is 0 Å². The fourth-order valence-electron chi connectivity index (χ4n) is 1.32. The van der Waals surface area contributed by atoms with Crippen molar-refractivity contribution in [3.63, 3.8) is 0 Å². The second-order valence-corrected chi connectivity index (χ2v) is 5.90. The van der Waals surface area contributed by atoms with E-state index in [-0.39, 0.29) is 10.8 Å². The maximum absolute atomic E-state index is 12.1. The van der Waals surface area contributed by atoms with E-state index in [0.717, 1.165) is 0 Å². The number of nitrogens with zero attached hydrogens (tertiary/aromatic N) is 1. The van der Waals surface area contributed by atoms with Gasteiger partial charge in [0.25, 0.3) is 0 Å². The second kappa shape index (κ2) is 5.87. The molecular formula is C10H13Cl2NO2S. The molecule has 1 aromatic carbocycles. The van der Waals surface area contributed by atoms with Crippen molar-refractivity contribution in [2.45, 2.75) is 11.8 Å². The average molecular weight is 282 g/mol. The zero-order chi connectivity index (χ0) is 12.2. The van der Waals surface area contributed by atoms with Crippen LogP contribution in [0.15, 0.2) is 29.2 Å². The standard InChI is InChI=1S/C10H13Cl2NO2S/c1-2-13(7-6-11)16(14,15)10-5-3-4-9(12)8-10/h3-5,8H,2,6-7H2,1H3. The molecule has 0 fully saturated rings. The van der Waals surface area contributed by atoms with Crippen molar-refractivity contribution in [1.82, 2.24) is 4.31 Å².